The number of amides is 1. The summed E-state index contributed by atoms with van der Waals surface area (Å²) in [4.78, 5) is 15.9. The highest BCUT2D eigenvalue weighted by molar-refractivity contribution is 6.03. The molecule has 2 heterocycles. The van der Waals surface area contributed by atoms with E-state index >= 15 is 0 Å². The van der Waals surface area contributed by atoms with Gasteiger partial charge in [-0.3, -0.25) is 9.69 Å². The molecule has 198 valence electrons. The summed E-state index contributed by atoms with van der Waals surface area (Å²) in [6, 6.07) is 22.3. The summed E-state index contributed by atoms with van der Waals surface area (Å²) >= 11 is 0. The van der Waals surface area contributed by atoms with Crippen LogP contribution in [0.3, 0.4) is 0 Å². The quantitative estimate of drug-likeness (QED) is 0.399. The van der Waals surface area contributed by atoms with Crippen molar-refractivity contribution in [1.29, 1.82) is 0 Å². The molecule has 5 rings (SSSR count). The largest absolute Gasteiger partial charge is 0.497 e. The number of benzene rings is 3. The minimum atomic E-state index is -0.419. The minimum absolute atomic E-state index is 0.104. The number of likely N-dealkylation sites (tertiary alicyclic amines) is 1. The maximum Gasteiger partial charge on any atom is 0.257 e. The SMILES string of the molecule is COc1ccc(OC)c(C2CC(c3ccccc3F)=NN2C(=O)CN2CCC(Cc3ccccc3)CC2)c1. The van der Waals surface area contributed by atoms with E-state index in [0.717, 1.165) is 37.9 Å². The van der Waals surface area contributed by atoms with Crippen molar-refractivity contribution in [2.24, 2.45) is 11.0 Å². The summed E-state index contributed by atoms with van der Waals surface area (Å²) in [6.45, 7) is 2.01. The van der Waals surface area contributed by atoms with Crippen LogP contribution in [-0.4, -0.2) is 55.4 Å². The van der Waals surface area contributed by atoms with Gasteiger partial charge in [0.15, 0.2) is 0 Å². The van der Waals surface area contributed by atoms with Gasteiger partial charge < -0.3 is 9.47 Å². The summed E-state index contributed by atoms with van der Waals surface area (Å²) in [5, 5.41) is 6.20. The molecule has 0 radical (unpaired) electrons. The van der Waals surface area contributed by atoms with E-state index in [1.807, 2.05) is 24.3 Å². The molecule has 1 unspecified atom stereocenters. The zero-order valence-electron chi connectivity index (χ0n) is 22.0. The van der Waals surface area contributed by atoms with E-state index < -0.39 is 6.04 Å². The second-order valence-corrected chi connectivity index (χ2v) is 10.0. The van der Waals surface area contributed by atoms with Crippen LogP contribution in [0.4, 0.5) is 4.39 Å². The molecule has 0 aromatic heterocycles. The van der Waals surface area contributed by atoms with E-state index in [1.54, 1.807) is 32.4 Å². The van der Waals surface area contributed by atoms with E-state index in [1.165, 1.54) is 16.6 Å². The molecule has 1 fully saturated rings. The molecule has 2 aliphatic heterocycles. The highest BCUT2D eigenvalue weighted by Gasteiger charge is 2.36. The van der Waals surface area contributed by atoms with Gasteiger partial charge in [0, 0.05) is 17.5 Å². The van der Waals surface area contributed by atoms with Crippen molar-refractivity contribution in [2.75, 3.05) is 33.9 Å². The summed E-state index contributed by atoms with van der Waals surface area (Å²) in [5.41, 5.74) is 3.12. The van der Waals surface area contributed by atoms with Gasteiger partial charge in [-0.15, -0.1) is 0 Å². The lowest BCUT2D eigenvalue weighted by Gasteiger charge is -2.33. The molecule has 38 heavy (non-hydrogen) atoms. The van der Waals surface area contributed by atoms with Crippen molar-refractivity contribution in [2.45, 2.75) is 31.7 Å². The molecule has 0 aliphatic carbocycles. The third-order valence-corrected chi connectivity index (χ3v) is 7.58. The molecule has 0 spiro atoms. The van der Waals surface area contributed by atoms with E-state index in [-0.39, 0.29) is 18.3 Å². The molecule has 1 saturated heterocycles. The van der Waals surface area contributed by atoms with Gasteiger partial charge in [0.1, 0.15) is 17.3 Å². The van der Waals surface area contributed by atoms with Gasteiger partial charge in [-0.2, -0.15) is 5.10 Å². The number of piperidine rings is 1. The van der Waals surface area contributed by atoms with Crippen molar-refractivity contribution in [3.8, 4) is 11.5 Å². The molecule has 0 bridgehead atoms. The van der Waals surface area contributed by atoms with Crippen molar-refractivity contribution < 1.29 is 18.7 Å². The normalized spacial score (nSPS) is 18.3. The molecular formula is C31H34FN3O3. The van der Waals surface area contributed by atoms with Crippen LogP contribution in [0.1, 0.15) is 42.0 Å². The Labute approximate surface area is 223 Å². The maximum absolute atomic E-state index is 14.7. The van der Waals surface area contributed by atoms with Crippen LogP contribution in [0.15, 0.2) is 77.9 Å². The lowest BCUT2D eigenvalue weighted by molar-refractivity contribution is -0.134. The third-order valence-electron chi connectivity index (χ3n) is 7.58. The highest BCUT2D eigenvalue weighted by atomic mass is 19.1. The van der Waals surface area contributed by atoms with Gasteiger partial charge in [-0.1, -0.05) is 48.5 Å². The summed E-state index contributed by atoms with van der Waals surface area (Å²) < 4.78 is 25.8. The molecular weight excluding hydrogens is 481 g/mol. The van der Waals surface area contributed by atoms with Crippen molar-refractivity contribution >= 4 is 11.6 Å². The van der Waals surface area contributed by atoms with Crippen molar-refractivity contribution in [3.63, 3.8) is 0 Å². The second-order valence-electron chi connectivity index (χ2n) is 10.0. The average Bonchev–Trinajstić information content (AvgIpc) is 3.40. The predicted molar refractivity (Wildman–Crippen MR) is 146 cm³/mol. The standard InChI is InChI=1S/C31H34FN3O3/c1-37-24-12-13-30(38-2)26(19-24)29-20-28(25-10-6-7-11-27(25)32)33-35(29)31(36)21-34-16-14-23(15-17-34)18-22-8-4-3-5-9-22/h3-13,19,23,29H,14-18,20-21H2,1-2H3. The van der Waals surface area contributed by atoms with E-state index in [9.17, 15) is 9.18 Å². The number of hydrogen-bond donors (Lipinski definition) is 0. The molecule has 7 heteroatoms. The maximum atomic E-state index is 14.7. The fraction of sp³-hybridized carbons (Fsp3) is 0.355. The number of methoxy groups -OCH3 is 2. The van der Waals surface area contributed by atoms with Gasteiger partial charge in [0.25, 0.3) is 5.91 Å². The Kier molecular flexibility index (Phi) is 8.03. The molecule has 2 aliphatic rings. The van der Waals surface area contributed by atoms with Gasteiger partial charge in [-0.05, 0) is 68.1 Å². The smallest absolute Gasteiger partial charge is 0.257 e. The number of hydrogen-bond acceptors (Lipinski definition) is 5. The van der Waals surface area contributed by atoms with E-state index in [2.05, 4.69) is 34.3 Å². The number of hydrazone groups is 1. The molecule has 1 amide bonds. The Morgan fingerprint density at radius 3 is 2.42 bits per heavy atom. The van der Waals surface area contributed by atoms with Crippen LogP contribution in [0.25, 0.3) is 0 Å². The van der Waals surface area contributed by atoms with Crippen LogP contribution < -0.4 is 9.47 Å². The van der Waals surface area contributed by atoms with Crippen LogP contribution >= 0.6 is 0 Å². The zero-order chi connectivity index (χ0) is 26.5. The van der Waals surface area contributed by atoms with E-state index in [0.29, 0.717) is 35.1 Å². The Morgan fingerprint density at radius 2 is 1.71 bits per heavy atom. The summed E-state index contributed by atoms with van der Waals surface area (Å²) in [5.74, 6) is 1.47. The molecule has 3 aromatic rings. The number of carbonyl (C=O) groups is 1. The lowest BCUT2D eigenvalue weighted by atomic mass is 9.90. The van der Waals surface area contributed by atoms with Crippen molar-refractivity contribution in [1.82, 2.24) is 9.91 Å². The molecule has 3 aromatic carbocycles. The molecule has 0 N–H and O–H groups in total. The first-order valence-corrected chi connectivity index (χ1v) is 13.2. The Balaban J connectivity index is 1.34. The minimum Gasteiger partial charge on any atom is -0.497 e. The first kappa shape index (κ1) is 25.9. The molecule has 1 atom stereocenters. The number of ether oxygens (including phenoxy) is 2. The topological polar surface area (TPSA) is 54.4 Å². The number of carbonyl (C=O) groups excluding carboxylic acids is 1. The first-order chi connectivity index (χ1) is 18.6. The Hall–Kier alpha value is -3.71. The molecule has 0 saturated carbocycles. The Bertz CT molecular complexity index is 1290. The second kappa shape index (κ2) is 11.8. The van der Waals surface area contributed by atoms with Crippen LogP contribution in [-0.2, 0) is 11.2 Å². The third kappa shape index (κ3) is 5.73. The summed E-state index contributed by atoms with van der Waals surface area (Å²) in [6.07, 6.45) is 3.57. The number of halogens is 1. The van der Waals surface area contributed by atoms with Gasteiger partial charge in [0.2, 0.25) is 0 Å². The fourth-order valence-corrected chi connectivity index (χ4v) is 5.50. The van der Waals surface area contributed by atoms with E-state index in [4.69, 9.17) is 9.47 Å². The highest BCUT2D eigenvalue weighted by Crippen LogP contribution is 2.39. The van der Waals surface area contributed by atoms with Gasteiger partial charge in [-0.25, -0.2) is 9.40 Å². The van der Waals surface area contributed by atoms with Crippen LogP contribution in [0.2, 0.25) is 0 Å². The Morgan fingerprint density at radius 1 is 0.974 bits per heavy atom. The van der Waals surface area contributed by atoms with Crippen LogP contribution in [0, 0.1) is 11.7 Å². The zero-order valence-corrected chi connectivity index (χ0v) is 22.0. The number of rotatable bonds is 8. The number of nitrogens with zero attached hydrogens (tertiary/aromatic N) is 3. The fourth-order valence-electron chi connectivity index (χ4n) is 5.50. The monoisotopic (exact) mass is 515 g/mol. The predicted octanol–water partition coefficient (Wildman–Crippen LogP) is 5.48. The summed E-state index contributed by atoms with van der Waals surface area (Å²) in [7, 11) is 3.20. The van der Waals surface area contributed by atoms with Crippen molar-refractivity contribution in [3.05, 3.63) is 95.3 Å². The average molecular weight is 516 g/mol. The van der Waals surface area contributed by atoms with Gasteiger partial charge in [0.05, 0.1) is 32.5 Å². The van der Waals surface area contributed by atoms with Crippen LogP contribution in [0.5, 0.6) is 11.5 Å². The molecule has 6 nitrogen and oxygen atoms in total. The van der Waals surface area contributed by atoms with Gasteiger partial charge >= 0.3 is 0 Å². The lowest BCUT2D eigenvalue weighted by Crippen LogP contribution is -2.42. The first-order valence-electron chi connectivity index (χ1n) is 13.2.